The van der Waals surface area contributed by atoms with E-state index in [2.05, 4.69) is 4.99 Å². The van der Waals surface area contributed by atoms with Crippen LogP contribution in [-0.2, 0) is 6.54 Å². The monoisotopic (exact) mass is 227 g/mol. The molecule has 5 heteroatoms. The first kappa shape index (κ1) is 11.5. The largest absolute Gasteiger partial charge is 0.402 e. The minimum absolute atomic E-state index is 0.201. The van der Waals surface area contributed by atoms with Crippen molar-refractivity contribution >= 4 is 17.4 Å². The number of halogens is 2. The second kappa shape index (κ2) is 5.36. The summed E-state index contributed by atoms with van der Waals surface area (Å²) < 4.78 is 12.8. The van der Waals surface area contributed by atoms with Crippen molar-refractivity contribution in [1.29, 1.82) is 0 Å². The van der Waals surface area contributed by atoms with Crippen LogP contribution >= 0.6 is 11.6 Å². The molecule has 80 valence electrons. The summed E-state index contributed by atoms with van der Waals surface area (Å²) >= 11 is 5.70. The van der Waals surface area contributed by atoms with Gasteiger partial charge in [-0.15, -0.1) is 0 Å². The Morgan fingerprint density at radius 3 is 2.53 bits per heavy atom. The van der Waals surface area contributed by atoms with Crippen molar-refractivity contribution in [3.8, 4) is 0 Å². The van der Waals surface area contributed by atoms with Crippen LogP contribution in [0, 0.1) is 0 Å². The maximum absolute atomic E-state index is 12.8. The average Bonchev–Trinajstić information content (AvgIpc) is 2.26. The Morgan fingerprint density at radius 1 is 1.40 bits per heavy atom. The molecule has 0 heterocycles. The van der Waals surface area contributed by atoms with Gasteiger partial charge in [0.1, 0.15) is 0 Å². The molecule has 0 fully saturated rings. The molecule has 1 aromatic rings. The van der Waals surface area contributed by atoms with Gasteiger partial charge in [0.05, 0.1) is 6.54 Å². The van der Waals surface area contributed by atoms with Crippen LogP contribution in [0.4, 0.5) is 4.39 Å². The van der Waals surface area contributed by atoms with E-state index in [0.717, 1.165) is 11.8 Å². The van der Waals surface area contributed by atoms with Gasteiger partial charge in [-0.3, -0.25) is 4.99 Å². The number of benzene rings is 1. The Kier molecular flexibility index (Phi) is 4.12. The SMILES string of the molecule is NC=C(F)C(N)=NCc1ccc(Cl)cc1. The lowest BCUT2D eigenvalue weighted by Gasteiger charge is -1.98. The summed E-state index contributed by atoms with van der Waals surface area (Å²) in [5.41, 5.74) is 11.1. The first-order chi connectivity index (χ1) is 7.13. The Labute approximate surface area is 92.2 Å². The predicted octanol–water partition coefficient (Wildman–Crippen LogP) is 1.97. The van der Waals surface area contributed by atoms with Crippen molar-refractivity contribution in [3.63, 3.8) is 0 Å². The van der Waals surface area contributed by atoms with Crippen LogP contribution in [0.2, 0.25) is 5.02 Å². The molecule has 0 amide bonds. The van der Waals surface area contributed by atoms with Gasteiger partial charge in [0.15, 0.2) is 11.7 Å². The Bertz CT molecular complexity index is 384. The first-order valence-electron chi connectivity index (χ1n) is 4.25. The van der Waals surface area contributed by atoms with Gasteiger partial charge in [-0.25, -0.2) is 4.39 Å². The fraction of sp³-hybridized carbons (Fsp3) is 0.100. The summed E-state index contributed by atoms with van der Waals surface area (Å²) in [5.74, 6) is -0.920. The Hall–Kier alpha value is -1.55. The molecule has 0 unspecified atom stereocenters. The van der Waals surface area contributed by atoms with Gasteiger partial charge in [0.2, 0.25) is 0 Å². The van der Waals surface area contributed by atoms with E-state index in [-0.39, 0.29) is 5.84 Å². The zero-order valence-electron chi connectivity index (χ0n) is 7.95. The molecule has 1 rings (SSSR count). The quantitative estimate of drug-likeness (QED) is 0.613. The molecule has 4 N–H and O–H groups in total. The van der Waals surface area contributed by atoms with Crippen molar-refractivity contribution in [3.05, 3.63) is 46.9 Å². The Morgan fingerprint density at radius 2 is 2.00 bits per heavy atom. The molecule has 0 aromatic heterocycles. The number of aliphatic imine (C=N–C) groups is 1. The average molecular weight is 228 g/mol. The van der Waals surface area contributed by atoms with Crippen molar-refractivity contribution in [2.24, 2.45) is 16.5 Å². The molecule has 3 nitrogen and oxygen atoms in total. The zero-order valence-corrected chi connectivity index (χ0v) is 8.71. The van der Waals surface area contributed by atoms with Gasteiger partial charge >= 0.3 is 0 Å². The van der Waals surface area contributed by atoms with Gasteiger partial charge < -0.3 is 11.5 Å². The summed E-state index contributed by atoms with van der Waals surface area (Å²) in [6, 6.07) is 7.06. The van der Waals surface area contributed by atoms with Crippen LogP contribution in [-0.4, -0.2) is 5.84 Å². The fourth-order valence-corrected chi connectivity index (χ4v) is 1.05. The van der Waals surface area contributed by atoms with Crippen molar-refractivity contribution in [2.45, 2.75) is 6.54 Å². The lowest BCUT2D eigenvalue weighted by atomic mass is 10.2. The fourth-order valence-electron chi connectivity index (χ4n) is 0.927. The number of rotatable bonds is 3. The number of hydrogen-bond donors (Lipinski definition) is 2. The number of amidine groups is 1. The molecule has 15 heavy (non-hydrogen) atoms. The zero-order chi connectivity index (χ0) is 11.3. The highest BCUT2D eigenvalue weighted by Gasteiger charge is 1.99. The van der Waals surface area contributed by atoms with Gasteiger partial charge in [-0.2, -0.15) is 0 Å². The smallest absolute Gasteiger partial charge is 0.180 e. The third-order valence-electron chi connectivity index (χ3n) is 1.74. The minimum Gasteiger partial charge on any atom is -0.402 e. The highest BCUT2D eigenvalue weighted by atomic mass is 35.5. The lowest BCUT2D eigenvalue weighted by Crippen LogP contribution is -2.13. The van der Waals surface area contributed by atoms with Gasteiger partial charge in [-0.05, 0) is 17.7 Å². The molecule has 0 saturated carbocycles. The minimum atomic E-state index is -0.719. The molecule has 0 aliphatic heterocycles. The van der Waals surface area contributed by atoms with E-state index in [9.17, 15) is 4.39 Å². The van der Waals surface area contributed by atoms with Crippen LogP contribution in [0.25, 0.3) is 0 Å². The predicted molar refractivity (Wildman–Crippen MR) is 60.2 cm³/mol. The molecular weight excluding hydrogens is 217 g/mol. The lowest BCUT2D eigenvalue weighted by molar-refractivity contribution is 0.674. The number of hydrogen-bond acceptors (Lipinski definition) is 2. The molecule has 0 radical (unpaired) electrons. The van der Waals surface area contributed by atoms with Crippen molar-refractivity contribution < 1.29 is 4.39 Å². The van der Waals surface area contributed by atoms with E-state index >= 15 is 0 Å². The second-order valence-corrected chi connectivity index (χ2v) is 3.28. The first-order valence-corrected chi connectivity index (χ1v) is 4.63. The second-order valence-electron chi connectivity index (χ2n) is 2.84. The molecule has 0 atom stereocenters. The van der Waals surface area contributed by atoms with E-state index < -0.39 is 5.83 Å². The van der Waals surface area contributed by atoms with Crippen LogP contribution in [0.1, 0.15) is 5.56 Å². The van der Waals surface area contributed by atoms with Gasteiger partial charge in [-0.1, -0.05) is 23.7 Å². The molecule has 0 spiro atoms. The summed E-state index contributed by atoms with van der Waals surface area (Å²) in [5, 5.41) is 0.642. The van der Waals surface area contributed by atoms with Crippen LogP contribution in [0.3, 0.4) is 0 Å². The third-order valence-corrected chi connectivity index (χ3v) is 1.99. The van der Waals surface area contributed by atoms with Crippen molar-refractivity contribution in [1.82, 2.24) is 0 Å². The maximum Gasteiger partial charge on any atom is 0.180 e. The standard InChI is InChI=1S/C10H11ClFN3/c11-8-3-1-7(2-4-8)6-15-10(14)9(12)5-13/h1-5H,6,13H2,(H2,14,15). The van der Waals surface area contributed by atoms with E-state index in [1.807, 2.05) is 0 Å². The van der Waals surface area contributed by atoms with Crippen molar-refractivity contribution in [2.75, 3.05) is 0 Å². The number of nitrogens with zero attached hydrogens (tertiary/aromatic N) is 1. The third kappa shape index (κ3) is 3.59. The van der Waals surface area contributed by atoms with E-state index in [4.69, 9.17) is 23.1 Å². The van der Waals surface area contributed by atoms with Crippen LogP contribution < -0.4 is 11.5 Å². The molecule has 0 aliphatic carbocycles. The van der Waals surface area contributed by atoms with E-state index in [1.165, 1.54) is 0 Å². The molecule has 0 saturated heterocycles. The van der Waals surface area contributed by atoms with Gasteiger partial charge in [0, 0.05) is 11.2 Å². The summed E-state index contributed by atoms with van der Waals surface area (Å²) in [7, 11) is 0. The molecule has 0 aliphatic rings. The topological polar surface area (TPSA) is 64.4 Å². The number of nitrogens with two attached hydrogens (primary N) is 2. The van der Waals surface area contributed by atoms with Gasteiger partial charge in [0.25, 0.3) is 0 Å². The normalized spacial score (nSPS) is 12.9. The molecular formula is C10H11ClFN3. The Balaban J connectivity index is 2.68. The van der Waals surface area contributed by atoms with Crippen LogP contribution in [0.5, 0.6) is 0 Å². The summed E-state index contributed by atoms with van der Waals surface area (Å²) in [4.78, 5) is 3.82. The van der Waals surface area contributed by atoms with E-state index in [0.29, 0.717) is 11.6 Å². The molecule has 1 aromatic carbocycles. The highest BCUT2D eigenvalue weighted by Crippen LogP contribution is 2.10. The summed E-state index contributed by atoms with van der Waals surface area (Å²) in [6.45, 7) is 0.296. The van der Waals surface area contributed by atoms with Crippen LogP contribution in [0.15, 0.2) is 41.3 Å². The maximum atomic E-state index is 12.8. The summed E-state index contributed by atoms with van der Waals surface area (Å²) in [6.07, 6.45) is 0.778. The molecule has 0 bridgehead atoms. The highest BCUT2D eigenvalue weighted by molar-refractivity contribution is 6.30. The van der Waals surface area contributed by atoms with E-state index in [1.54, 1.807) is 24.3 Å².